The van der Waals surface area contributed by atoms with Crippen LogP contribution in [-0.2, 0) is 14.3 Å². The Labute approximate surface area is 107 Å². The van der Waals surface area contributed by atoms with Crippen molar-refractivity contribution in [2.45, 2.75) is 57.7 Å². The number of likely N-dealkylation sites (tertiary alicyclic amines) is 1. The van der Waals surface area contributed by atoms with E-state index in [2.05, 4.69) is 0 Å². The van der Waals surface area contributed by atoms with Crippen molar-refractivity contribution in [2.24, 2.45) is 5.92 Å². The first kappa shape index (κ1) is 13.2. The zero-order valence-corrected chi connectivity index (χ0v) is 11.4. The van der Waals surface area contributed by atoms with E-state index >= 15 is 0 Å². The average molecular weight is 255 g/mol. The predicted octanol–water partition coefficient (Wildman–Crippen LogP) is 1.95. The largest absolute Gasteiger partial charge is 0.467 e. The molecule has 0 N–H and O–H groups in total. The topological polar surface area (TPSA) is 55.8 Å². The van der Waals surface area contributed by atoms with E-state index in [1.807, 2.05) is 20.8 Å². The quantitative estimate of drug-likeness (QED) is 0.672. The molecule has 1 amide bonds. The first-order valence-electron chi connectivity index (χ1n) is 6.42. The highest BCUT2D eigenvalue weighted by Gasteiger charge is 2.53. The molecule has 18 heavy (non-hydrogen) atoms. The van der Waals surface area contributed by atoms with Gasteiger partial charge in [-0.25, -0.2) is 9.59 Å². The molecule has 2 aliphatic rings. The first-order valence-corrected chi connectivity index (χ1v) is 6.42. The summed E-state index contributed by atoms with van der Waals surface area (Å²) in [6, 6.07) is -0.322. The van der Waals surface area contributed by atoms with Crippen LogP contribution in [0, 0.1) is 5.92 Å². The molecule has 5 heteroatoms. The number of methoxy groups -OCH3 is 1. The number of ether oxygens (including phenoxy) is 2. The Bertz CT molecular complexity index is 360. The normalized spacial score (nSPS) is 30.4. The summed E-state index contributed by atoms with van der Waals surface area (Å²) in [7, 11) is 1.36. The van der Waals surface area contributed by atoms with Crippen molar-refractivity contribution >= 4 is 12.1 Å². The van der Waals surface area contributed by atoms with Crippen LogP contribution in [0.5, 0.6) is 0 Å². The molecule has 2 rings (SSSR count). The summed E-state index contributed by atoms with van der Waals surface area (Å²) in [6.07, 6.45) is 2.44. The maximum atomic E-state index is 12.2. The number of hydrogen-bond acceptors (Lipinski definition) is 4. The molecular weight excluding hydrogens is 234 g/mol. The van der Waals surface area contributed by atoms with Crippen LogP contribution >= 0.6 is 0 Å². The van der Waals surface area contributed by atoms with Crippen LogP contribution in [0.1, 0.15) is 40.0 Å². The van der Waals surface area contributed by atoms with Crippen LogP contribution < -0.4 is 0 Å². The van der Waals surface area contributed by atoms with E-state index in [4.69, 9.17) is 9.47 Å². The lowest BCUT2D eigenvalue weighted by atomic mass is 9.99. The zero-order chi connectivity index (χ0) is 13.5. The van der Waals surface area contributed by atoms with Gasteiger partial charge < -0.3 is 9.47 Å². The molecule has 2 bridgehead atoms. The van der Waals surface area contributed by atoms with Gasteiger partial charge in [0, 0.05) is 6.04 Å². The molecule has 1 aliphatic heterocycles. The van der Waals surface area contributed by atoms with Crippen LogP contribution in [0.2, 0.25) is 0 Å². The molecular formula is C13H21NO4. The Kier molecular flexibility index (Phi) is 3.25. The van der Waals surface area contributed by atoms with Crippen LogP contribution in [0.4, 0.5) is 4.79 Å². The van der Waals surface area contributed by atoms with E-state index < -0.39 is 17.7 Å². The minimum atomic E-state index is -0.542. The van der Waals surface area contributed by atoms with Gasteiger partial charge in [0.25, 0.3) is 0 Å². The molecule has 0 aromatic carbocycles. The number of carbonyl (C=O) groups excluding carboxylic acids is 2. The summed E-state index contributed by atoms with van der Waals surface area (Å²) in [6.45, 7) is 5.48. The number of fused-ring (bicyclic) bond motifs is 2. The number of carbonyl (C=O) groups is 2. The van der Waals surface area contributed by atoms with E-state index in [0.29, 0.717) is 0 Å². The Balaban J connectivity index is 2.14. The van der Waals surface area contributed by atoms with Gasteiger partial charge in [0.15, 0.2) is 0 Å². The van der Waals surface area contributed by atoms with Gasteiger partial charge in [-0.15, -0.1) is 0 Å². The molecule has 0 unspecified atom stereocenters. The predicted molar refractivity (Wildman–Crippen MR) is 65.0 cm³/mol. The number of hydrogen-bond donors (Lipinski definition) is 0. The number of esters is 1. The molecule has 3 atom stereocenters. The Morgan fingerprint density at radius 3 is 2.44 bits per heavy atom. The fourth-order valence-corrected chi connectivity index (χ4v) is 2.99. The molecule has 102 valence electrons. The van der Waals surface area contributed by atoms with Crippen molar-refractivity contribution < 1.29 is 19.1 Å². The number of amides is 1. The van der Waals surface area contributed by atoms with E-state index in [0.717, 1.165) is 19.3 Å². The molecule has 2 fully saturated rings. The number of nitrogens with zero attached hydrogens (tertiary/aromatic N) is 1. The van der Waals surface area contributed by atoms with Gasteiger partial charge in [-0.3, -0.25) is 4.90 Å². The molecule has 0 spiro atoms. The minimum absolute atomic E-state index is 0.133. The highest BCUT2D eigenvalue weighted by molar-refractivity contribution is 5.83. The van der Waals surface area contributed by atoms with E-state index in [1.54, 1.807) is 4.90 Å². The maximum absolute atomic E-state index is 12.2. The van der Waals surface area contributed by atoms with Crippen molar-refractivity contribution in [3.63, 3.8) is 0 Å². The third-order valence-corrected chi connectivity index (χ3v) is 3.63. The number of rotatable bonds is 1. The Morgan fingerprint density at radius 2 is 1.89 bits per heavy atom. The van der Waals surface area contributed by atoms with Gasteiger partial charge >= 0.3 is 12.1 Å². The molecule has 1 heterocycles. The zero-order valence-electron chi connectivity index (χ0n) is 11.4. The van der Waals surface area contributed by atoms with Crippen LogP contribution in [0.25, 0.3) is 0 Å². The Hall–Kier alpha value is -1.26. The van der Waals surface area contributed by atoms with Crippen LogP contribution in [0.15, 0.2) is 0 Å². The lowest BCUT2D eigenvalue weighted by molar-refractivity contribution is -0.148. The third kappa shape index (κ3) is 2.31. The number of piperidine rings is 1. The summed E-state index contributed by atoms with van der Waals surface area (Å²) >= 11 is 0. The highest BCUT2D eigenvalue weighted by atomic mass is 16.6. The van der Waals surface area contributed by atoms with Gasteiger partial charge in [-0.2, -0.15) is 0 Å². The van der Waals surface area contributed by atoms with Crippen molar-refractivity contribution in [1.82, 2.24) is 4.90 Å². The standard InChI is InChI=1S/C13H21NO4/c1-13(2,3)18-12(16)14-9-6-5-8(7-9)10(14)11(15)17-4/h8-10H,5-7H2,1-4H3/t8-,9+,10+/m0/s1. The third-order valence-electron chi connectivity index (χ3n) is 3.63. The SMILES string of the molecule is COC(=O)[C@H]1[C@H]2CC[C@H](C2)N1C(=O)OC(C)(C)C. The van der Waals surface area contributed by atoms with E-state index in [1.165, 1.54) is 7.11 Å². The summed E-state index contributed by atoms with van der Waals surface area (Å²) in [4.78, 5) is 25.6. The second kappa shape index (κ2) is 4.44. The Morgan fingerprint density at radius 1 is 1.22 bits per heavy atom. The van der Waals surface area contributed by atoms with Crippen LogP contribution in [0.3, 0.4) is 0 Å². The van der Waals surface area contributed by atoms with Gasteiger partial charge in [0.1, 0.15) is 11.6 Å². The van der Waals surface area contributed by atoms with Gasteiger partial charge in [0.05, 0.1) is 7.11 Å². The smallest absolute Gasteiger partial charge is 0.411 e. The fraction of sp³-hybridized carbons (Fsp3) is 0.846. The second-order valence-electron chi connectivity index (χ2n) is 6.08. The molecule has 0 radical (unpaired) electrons. The van der Waals surface area contributed by atoms with Crippen molar-refractivity contribution in [1.29, 1.82) is 0 Å². The molecule has 0 aromatic heterocycles. The lowest BCUT2D eigenvalue weighted by Crippen LogP contribution is -2.51. The molecule has 1 saturated carbocycles. The summed E-state index contributed by atoms with van der Waals surface area (Å²) in [5.41, 5.74) is -0.542. The monoisotopic (exact) mass is 255 g/mol. The lowest BCUT2D eigenvalue weighted by Gasteiger charge is -2.34. The van der Waals surface area contributed by atoms with E-state index in [-0.39, 0.29) is 17.9 Å². The maximum Gasteiger partial charge on any atom is 0.411 e. The second-order valence-corrected chi connectivity index (χ2v) is 6.08. The fourth-order valence-electron chi connectivity index (χ4n) is 2.99. The molecule has 0 aromatic rings. The molecule has 5 nitrogen and oxygen atoms in total. The molecule has 1 aliphatic carbocycles. The average Bonchev–Trinajstić information content (AvgIpc) is 2.84. The summed E-state index contributed by atoms with van der Waals surface area (Å²) < 4.78 is 10.2. The van der Waals surface area contributed by atoms with Crippen molar-refractivity contribution in [3.8, 4) is 0 Å². The molecule has 1 saturated heterocycles. The summed E-state index contributed by atoms with van der Waals surface area (Å²) in [5, 5.41) is 0. The first-order chi connectivity index (χ1) is 8.33. The van der Waals surface area contributed by atoms with E-state index in [9.17, 15) is 9.59 Å². The van der Waals surface area contributed by atoms with Gasteiger partial charge in [-0.05, 0) is 46.0 Å². The van der Waals surface area contributed by atoms with Gasteiger partial charge in [-0.1, -0.05) is 0 Å². The van der Waals surface area contributed by atoms with Crippen molar-refractivity contribution in [2.75, 3.05) is 7.11 Å². The minimum Gasteiger partial charge on any atom is -0.467 e. The highest BCUT2D eigenvalue weighted by Crippen LogP contribution is 2.43. The van der Waals surface area contributed by atoms with Gasteiger partial charge in [0.2, 0.25) is 0 Å². The van der Waals surface area contributed by atoms with Crippen molar-refractivity contribution in [3.05, 3.63) is 0 Å². The van der Waals surface area contributed by atoms with Crippen LogP contribution in [-0.4, -0.2) is 41.8 Å². The summed E-state index contributed by atoms with van der Waals surface area (Å²) in [5.74, 6) is -0.0944.